The average molecular weight is 399 g/mol. The number of carbonyl (C=O) groups is 1. The van der Waals surface area contributed by atoms with Gasteiger partial charge in [0, 0.05) is 26.2 Å². The zero-order valence-corrected chi connectivity index (χ0v) is 15.4. The number of hydrogen-bond donors (Lipinski definition) is 2. The van der Waals surface area contributed by atoms with Crippen LogP contribution in [0.2, 0.25) is 0 Å². The van der Waals surface area contributed by atoms with Crippen LogP contribution in [0.3, 0.4) is 0 Å². The molecule has 1 atom stereocenters. The molecule has 11 heteroatoms. The molecule has 2 N–H and O–H groups in total. The second-order valence-electron chi connectivity index (χ2n) is 7.16. The van der Waals surface area contributed by atoms with E-state index in [0.29, 0.717) is 5.56 Å². The molecular weight excluding hydrogens is 379 g/mol. The number of aromatic amines is 2. The van der Waals surface area contributed by atoms with Gasteiger partial charge in [-0.25, -0.2) is 9.78 Å². The predicted molar refractivity (Wildman–Crippen MR) is 95.3 cm³/mol. The summed E-state index contributed by atoms with van der Waals surface area (Å²) in [5, 5.41) is 0.178. The summed E-state index contributed by atoms with van der Waals surface area (Å²) in [7, 11) is 0. The second kappa shape index (κ2) is 7.38. The Morgan fingerprint density at radius 1 is 1.25 bits per heavy atom. The van der Waals surface area contributed by atoms with E-state index in [2.05, 4.69) is 15.0 Å². The second-order valence-corrected chi connectivity index (χ2v) is 7.16. The minimum absolute atomic E-state index is 0.00123. The first-order chi connectivity index (χ1) is 13.0. The SMILES string of the molecule is Cc1cc(C(=O)N2CCN(CC(F)(F)F)CC(C)C2)nc2[nH]c(=O)[nH]c(=O)c12. The molecule has 8 nitrogen and oxygen atoms in total. The number of H-pyrrole nitrogens is 2. The average Bonchev–Trinajstić information content (AvgIpc) is 2.72. The van der Waals surface area contributed by atoms with Gasteiger partial charge in [-0.15, -0.1) is 0 Å². The summed E-state index contributed by atoms with van der Waals surface area (Å²) in [4.78, 5) is 47.7. The van der Waals surface area contributed by atoms with Gasteiger partial charge in [0.2, 0.25) is 0 Å². The number of nitrogens with zero attached hydrogens (tertiary/aromatic N) is 3. The molecule has 1 aliphatic heterocycles. The summed E-state index contributed by atoms with van der Waals surface area (Å²) in [6.45, 7) is 3.13. The molecule has 1 aliphatic rings. The van der Waals surface area contributed by atoms with Gasteiger partial charge in [-0.05, 0) is 24.5 Å². The van der Waals surface area contributed by atoms with Crippen LogP contribution in [0.1, 0.15) is 23.0 Å². The Morgan fingerprint density at radius 2 is 1.96 bits per heavy atom. The monoisotopic (exact) mass is 399 g/mol. The summed E-state index contributed by atoms with van der Waals surface area (Å²) in [5.74, 6) is -0.607. The van der Waals surface area contributed by atoms with Gasteiger partial charge < -0.3 is 4.90 Å². The van der Waals surface area contributed by atoms with E-state index in [-0.39, 0.29) is 48.8 Å². The summed E-state index contributed by atoms with van der Waals surface area (Å²) >= 11 is 0. The zero-order valence-electron chi connectivity index (χ0n) is 15.4. The quantitative estimate of drug-likeness (QED) is 0.781. The number of carbonyl (C=O) groups excluding carboxylic acids is 1. The van der Waals surface area contributed by atoms with Gasteiger partial charge in [-0.2, -0.15) is 13.2 Å². The lowest BCUT2D eigenvalue weighted by Gasteiger charge is -2.22. The predicted octanol–water partition coefficient (Wildman–Crippen LogP) is 0.876. The summed E-state index contributed by atoms with van der Waals surface area (Å²) in [6.07, 6.45) is -4.30. The number of hydrogen-bond acceptors (Lipinski definition) is 5. The van der Waals surface area contributed by atoms with Crippen LogP contribution < -0.4 is 11.2 Å². The maximum atomic E-state index is 12.9. The first kappa shape index (κ1) is 20.1. The highest BCUT2D eigenvalue weighted by molar-refractivity contribution is 5.95. The van der Waals surface area contributed by atoms with Crippen molar-refractivity contribution in [3.63, 3.8) is 0 Å². The number of fused-ring (bicyclic) bond motifs is 1. The van der Waals surface area contributed by atoms with Crippen LogP contribution in [0.15, 0.2) is 15.7 Å². The van der Waals surface area contributed by atoms with Gasteiger partial charge in [0.1, 0.15) is 11.3 Å². The molecule has 0 radical (unpaired) electrons. The van der Waals surface area contributed by atoms with E-state index in [1.165, 1.54) is 15.9 Å². The molecule has 3 heterocycles. The highest BCUT2D eigenvalue weighted by atomic mass is 19.4. The minimum atomic E-state index is -4.30. The molecule has 2 aromatic heterocycles. The van der Waals surface area contributed by atoms with Crippen LogP contribution >= 0.6 is 0 Å². The highest BCUT2D eigenvalue weighted by Gasteiger charge is 2.33. The summed E-state index contributed by atoms with van der Waals surface area (Å²) in [5.41, 5.74) is -0.845. The summed E-state index contributed by atoms with van der Waals surface area (Å²) < 4.78 is 38.1. The fourth-order valence-corrected chi connectivity index (χ4v) is 3.53. The molecule has 3 rings (SSSR count). The molecule has 0 bridgehead atoms. The fraction of sp³-hybridized carbons (Fsp3) is 0.529. The number of nitrogens with one attached hydrogen (secondary N) is 2. The number of aryl methyl sites for hydroxylation is 1. The standard InChI is InChI=1S/C17H20F3N5O3/c1-9-6-24(8-17(18,19)20)3-4-25(7-9)15(27)11-5-10(2)12-13(21-11)22-16(28)23-14(12)26/h5,9H,3-4,6-8H2,1-2H3,(H2,21,22,23,26,28). The normalized spacial score (nSPS) is 19.0. The smallest absolute Gasteiger partial charge is 0.336 e. The van der Waals surface area contributed by atoms with Crippen LogP contribution in [-0.2, 0) is 0 Å². The Hall–Kier alpha value is -2.69. The number of aromatic nitrogens is 3. The Labute approximate surface area is 157 Å². The van der Waals surface area contributed by atoms with Crippen molar-refractivity contribution in [1.82, 2.24) is 24.8 Å². The van der Waals surface area contributed by atoms with Crippen LogP contribution in [-0.4, -0.2) is 69.6 Å². The van der Waals surface area contributed by atoms with Gasteiger partial charge in [0.05, 0.1) is 11.9 Å². The molecule has 1 saturated heterocycles. The third-order valence-corrected chi connectivity index (χ3v) is 4.60. The molecule has 1 unspecified atom stereocenters. The van der Waals surface area contributed by atoms with E-state index in [1.54, 1.807) is 13.8 Å². The van der Waals surface area contributed by atoms with E-state index in [1.807, 2.05) is 0 Å². The van der Waals surface area contributed by atoms with Crippen LogP contribution in [0, 0.1) is 12.8 Å². The molecule has 1 amide bonds. The molecule has 2 aromatic rings. The number of pyridine rings is 1. The molecule has 0 aliphatic carbocycles. The van der Waals surface area contributed by atoms with Crippen molar-refractivity contribution in [3.8, 4) is 0 Å². The van der Waals surface area contributed by atoms with Crippen molar-refractivity contribution < 1.29 is 18.0 Å². The van der Waals surface area contributed by atoms with Crippen molar-refractivity contribution in [1.29, 1.82) is 0 Å². The molecule has 0 aromatic carbocycles. The number of rotatable bonds is 2. The largest absolute Gasteiger partial charge is 0.401 e. The van der Waals surface area contributed by atoms with E-state index < -0.39 is 29.9 Å². The van der Waals surface area contributed by atoms with Gasteiger partial charge in [0.25, 0.3) is 11.5 Å². The Balaban J connectivity index is 1.87. The molecular formula is C17H20F3N5O3. The van der Waals surface area contributed by atoms with Gasteiger partial charge in [0.15, 0.2) is 0 Å². The van der Waals surface area contributed by atoms with Gasteiger partial charge >= 0.3 is 11.9 Å². The number of halogens is 3. The first-order valence-electron chi connectivity index (χ1n) is 8.76. The van der Waals surface area contributed by atoms with Gasteiger partial charge in [-0.3, -0.25) is 24.5 Å². The van der Waals surface area contributed by atoms with E-state index >= 15 is 0 Å². The Kier molecular flexibility index (Phi) is 5.28. The number of alkyl halides is 3. The topological polar surface area (TPSA) is 102 Å². The van der Waals surface area contributed by atoms with Crippen LogP contribution in [0.25, 0.3) is 11.0 Å². The molecule has 152 valence electrons. The lowest BCUT2D eigenvalue weighted by molar-refractivity contribution is -0.146. The van der Waals surface area contributed by atoms with Gasteiger partial charge in [-0.1, -0.05) is 6.92 Å². The van der Waals surface area contributed by atoms with Crippen molar-refractivity contribution in [2.75, 3.05) is 32.7 Å². The van der Waals surface area contributed by atoms with Crippen molar-refractivity contribution in [2.45, 2.75) is 20.0 Å². The molecule has 0 saturated carbocycles. The van der Waals surface area contributed by atoms with Crippen molar-refractivity contribution in [2.24, 2.45) is 5.92 Å². The molecule has 28 heavy (non-hydrogen) atoms. The van der Waals surface area contributed by atoms with Crippen LogP contribution in [0.5, 0.6) is 0 Å². The maximum absolute atomic E-state index is 12.9. The first-order valence-corrected chi connectivity index (χ1v) is 8.76. The third kappa shape index (κ3) is 4.41. The van der Waals surface area contributed by atoms with E-state index in [9.17, 15) is 27.6 Å². The van der Waals surface area contributed by atoms with E-state index in [4.69, 9.17) is 0 Å². The minimum Gasteiger partial charge on any atom is -0.336 e. The van der Waals surface area contributed by atoms with Crippen molar-refractivity contribution in [3.05, 3.63) is 38.2 Å². The van der Waals surface area contributed by atoms with E-state index in [0.717, 1.165) is 0 Å². The fourth-order valence-electron chi connectivity index (χ4n) is 3.53. The molecule has 0 spiro atoms. The highest BCUT2D eigenvalue weighted by Crippen LogP contribution is 2.20. The molecule has 1 fully saturated rings. The number of amides is 1. The lowest BCUT2D eigenvalue weighted by atomic mass is 10.1. The maximum Gasteiger partial charge on any atom is 0.401 e. The lowest BCUT2D eigenvalue weighted by Crippen LogP contribution is -2.38. The third-order valence-electron chi connectivity index (χ3n) is 4.60. The summed E-state index contributed by atoms with van der Waals surface area (Å²) in [6, 6.07) is 1.45. The zero-order chi connectivity index (χ0) is 20.6. The Morgan fingerprint density at radius 3 is 2.64 bits per heavy atom. The van der Waals surface area contributed by atoms with Crippen molar-refractivity contribution >= 4 is 16.9 Å². The Bertz CT molecular complexity index is 1010. The van der Waals surface area contributed by atoms with Crippen LogP contribution in [0.4, 0.5) is 13.2 Å².